The van der Waals surface area contributed by atoms with Crippen molar-refractivity contribution in [2.75, 3.05) is 0 Å². The van der Waals surface area contributed by atoms with Gasteiger partial charge in [0.15, 0.2) is 11.6 Å². The van der Waals surface area contributed by atoms with E-state index in [1.165, 1.54) is 6.92 Å². The SMILES string of the molecule is Cc1c(F)ccc(OC=O)c1F. The molecule has 0 atom stereocenters. The molecular formula is C8H6F2O2. The Morgan fingerprint density at radius 1 is 1.42 bits per heavy atom. The van der Waals surface area contributed by atoms with Crippen LogP contribution in [0.1, 0.15) is 5.56 Å². The summed E-state index contributed by atoms with van der Waals surface area (Å²) in [6.07, 6.45) is 0. The monoisotopic (exact) mass is 172 g/mol. The molecule has 1 rings (SSSR count). The Morgan fingerprint density at radius 2 is 2.08 bits per heavy atom. The lowest BCUT2D eigenvalue weighted by Gasteiger charge is -2.02. The molecule has 0 saturated heterocycles. The molecular weight excluding hydrogens is 166 g/mol. The molecule has 0 amide bonds. The molecule has 0 aliphatic heterocycles. The molecule has 0 saturated carbocycles. The largest absolute Gasteiger partial charge is 0.426 e. The molecule has 1 aromatic carbocycles. The summed E-state index contributed by atoms with van der Waals surface area (Å²) < 4.78 is 29.8. The molecule has 0 N–H and O–H groups in total. The highest BCUT2D eigenvalue weighted by molar-refractivity contribution is 5.46. The number of hydrogen-bond donors (Lipinski definition) is 0. The fraction of sp³-hybridized carbons (Fsp3) is 0.125. The number of ether oxygens (including phenoxy) is 1. The first-order valence-corrected chi connectivity index (χ1v) is 3.21. The zero-order chi connectivity index (χ0) is 9.14. The molecule has 0 aromatic heterocycles. The zero-order valence-electron chi connectivity index (χ0n) is 6.30. The summed E-state index contributed by atoms with van der Waals surface area (Å²) in [5.41, 5.74) is -0.158. The maximum atomic E-state index is 12.9. The molecule has 0 spiro atoms. The second-order valence-corrected chi connectivity index (χ2v) is 2.20. The highest BCUT2D eigenvalue weighted by Crippen LogP contribution is 2.21. The van der Waals surface area contributed by atoms with Gasteiger partial charge >= 0.3 is 0 Å². The van der Waals surface area contributed by atoms with E-state index < -0.39 is 11.6 Å². The third kappa shape index (κ3) is 1.42. The second kappa shape index (κ2) is 3.30. The van der Waals surface area contributed by atoms with Crippen molar-refractivity contribution in [2.24, 2.45) is 0 Å². The quantitative estimate of drug-likeness (QED) is 0.636. The third-order valence-corrected chi connectivity index (χ3v) is 1.46. The summed E-state index contributed by atoms with van der Waals surface area (Å²) in [5, 5.41) is 0. The Bertz CT molecular complexity index is 310. The minimum atomic E-state index is -0.845. The number of carbonyl (C=O) groups is 1. The van der Waals surface area contributed by atoms with Gasteiger partial charge in [0.2, 0.25) is 0 Å². The van der Waals surface area contributed by atoms with Crippen LogP contribution in [0, 0.1) is 18.6 Å². The van der Waals surface area contributed by atoms with Gasteiger partial charge in [-0.05, 0) is 19.1 Å². The fourth-order valence-electron chi connectivity index (χ4n) is 0.780. The van der Waals surface area contributed by atoms with Crippen molar-refractivity contribution in [2.45, 2.75) is 6.92 Å². The number of hydrogen-bond acceptors (Lipinski definition) is 2. The normalized spacial score (nSPS) is 9.58. The van der Waals surface area contributed by atoms with Crippen molar-refractivity contribution in [3.05, 3.63) is 29.3 Å². The van der Waals surface area contributed by atoms with Gasteiger partial charge in [-0.25, -0.2) is 8.78 Å². The van der Waals surface area contributed by atoms with Crippen LogP contribution in [-0.4, -0.2) is 6.47 Å². The van der Waals surface area contributed by atoms with Gasteiger partial charge in [0.25, 0.3) is 6.47 Å². The molecule has 12 heavy (non-hydrogen) atoms. The Kier molecular flexibility index (Phi) is 2.38. The average molecular weight is 172 g/mol. The number of benzene rings is 1. The van der Waals surface area contributed by atoms with E-state index in [0.29, 0.717) is 0 Å². The molecule has 0 heterocycles. The first-order chi connectivity index (χ1) is 5.66. The molecule has 0 radical (unpaired) electrons. The Hall–Kier alpha value is -1.45. The third-order valence-electron chi connectivity index (χ3n) is 1.46. The van der Waals surface area contributed by atoms with E-state index in [1.54, 1.807) is 0 Å². The minimum absolute atomic E-state index is 0.0930. The maximum absolute atomic E-state index is 12.9. The first-order valence-electron chi connectivity index (χ1n) is 3.21. The van der Waals surface area contributed by atoms with E-state index in [2.05, 4.69) is 4.74 Å². The van der Waals surface area contributed by atoms with Crippen LogP contribution < -0.4 is 4.74 Å². The summed E-state index contributed by atoms with van der Waals surface area (Å²) >= 11 is 0. The summed E-state index contributed by atoms with van der Waals surface area (Å²) in [7, 11) is 0. The lowest BCUT2D eigenvalue weighted by atomic mass is 10.2. The van der Waals surface area contributed by atoms with Gasteiger partial charge in [0.1, 0.15) is 5.82 Å². The maximum Gasteiger partial charge on any atom is 0.298 e. The summed E-state index contributed by atoms with van der Waals surface area (Å²) in [6, 6.07) is 2.10. The Morgan fingerprint density at radius 3 is 2.67 bits per heavy atom. The summed E-state index contributed by atoms with van der Waals surface area (Å²) in [4.78, 5) is 9.84. The fourth-order valence-corrected chi connectivity index (χ4v) is 0.780. The van der Waals surface area contributed by atoms with E-state index in [4.69, 9.17) is 0 Å². The highest BCUT2D eigenvalue weighted by Gasteiger charge is 2.09. The van der Waals surface area contributed by atoms with Crippen LogP contribution in [0.5, 0.6) is 5.75 Å². The van der Waals surface area contributed by atoms with Crippen molar-refractivity contribution in [3.63, 3.8) is 0 Å². The predicted octanol–water partition coefficient (Wildman–Crippen LogP) is 1.81. The van der Waals surface area contributed by atoms with Crippen LogP contribution in [0.2, 0.25) is 0 Å². The van der Waals surface area contributed by atoms with Crippen molar-refractivity contribution >= 4 is 6.47 Å². The van der Waals surface area contributed by atoms with Crippen LogP contribution in [0.15, 0.2) is 12.1 Å². The minimum Gasteiger partial charge on any atom is -0.426 e. The van der Waals surface area contributed by atoms with Crippen LogP contribution in [0.25, 0.3) is 0 Å². The molecule has 1 aromatic rings. The second-order valence-electron chi connectivity index (χ2n) is 2.20. The van der Waals surface area contributed by atoms with Crippen LogP contribution in [0.3, 0.4) is 0 Å². The van der Waals surface area contributed by atoms with E-state index >= 15 is 0 Å². The lowest BCUT2D eigenvalue weighted by Crippen LogP contribution is -1.96. The van der Waals surface area contributed by atoms with E-state index in [1.807, 2.05) is 0 Å². The summed E-state index contributed by atoms with van der Waals surface area (Å²) in [5.74, 6) is -1.77. The van der Waals surface area contributed by atoms with Gasteiger partial charge in [-0.2, -0.15) is 0 Å². The van der Waals surface area contributed by atoms with Gasteiger partial charge in [-0.15, -0.1) is 0 Å². The predicted molar refractivity (Wildman–Crippen MR) is 37.8 cm³/mol. The number of carbonyl (C=O) groups excluding carboxylic acids is 1. The molecule has 0 unspecified atom stereocenters. The molecule has 4 heteroatoms. The Labute approximate surface area is 67.8 Å². The van der Waals surface area contributed by atoms with E-state index in [-0.39, 0.29) is 17.8 Å². The van der Waals surface area contributed by atoms with Crippen molar-refractivity contribution in [3.8, 4) is 5.75 Å². The topological polar surface area (TPSA) is 26.3 Å². The smallest absolute Gasteiger partial charge is 0.298 e. The van der Waals surface area contributed by atoms with Crippen LogP contribution in [-0.2, 0) is 4.79 Å². The van der Waals surface area contributed by atoms with E-state index in [9.17, 15) is 13.6 Å². The van der Waals surface area contributed by atoms with Gasteiger partial charge in [0.05, 0.1) is 0 Å². The standard InChI is InChI=1S/C8H6F2O2/c1-5-6(9)2-3-7(8(5)10)12-4-11/h2-4H,1H3. The number of halogens is 2. The van der Waals surface area contributed by atoms with E-state index in [0.717, 1.165) is 12.1 Å². The van der Waals surface area contributed by atoms with Crippen molar-refractivity contribution in [1.29, 1.82) is 0 Å². The van der Waals surface area contributed by atoms with Gasteiger partial charge in [-0.3, -0.25) is 4.79 Å². The summed E-state index contributed by atoms with van der Waals surface area (Å²) in [6.45, 7) is 1.36. The lowest BCUT2D eigenvalue weighted by molar-refractivity contribution is -0.120. The molecule has 2 nitrogen and oxygen atoms in total. The molecule has 0 aliphatic rings. The zero-order valence-corrected chi connectivity index (χ0v) is 6.30. The van der Waals surface area contributed by atoms with Crippen LogP contribution in [0.4, 0.5) is 8.78 Å². The molecule has 0 bridgehead atoms. The number of rotatable bonds is 2. The van der Waals surface area contributed by atoms with Crippen LogP contribution >= 0.6 is 0 Å². The van der Waals surface area contributed by atoms with Gasteiger partial charge < -0.3 is 4.74 Å². The van der Waals surface area contributed by atoms with Crippen molar-refractivity contribution < 1.29 is 18.3 Å². The van der Waals surface area contributed by atoms with Gasteiger partial charge in [0, 0.05) is 5.56 Å². The molecule has 0 aliphatic carbocycles. The average Bonchev–Trinajstić information content (AvgIpc) is 2.07. The Balaban J connectivity index is 3.16. The molecule has 0 fully saturated rings. The highest BCUT2D eigenvalue weighted by atomic mass is 19.1. The molecule has 64 valence electrons. The first kappa shape index (κ1) is 8.64. The van der Waals surface area contributed by atoms with Gasteiger partial charge in [-0.1, -0.05) is 0 Å². The van der Waals surface area contributed by atoms with Crippen molar-refractivity contribution in [1.82, 2.24) is 0 Å².